The molecule has 1 aliphatic carbocycles. The first-order valence-corrected chi connectivity index (χ1v) is 6.45. The molecule has 0 saturated carbocycles. The van der Waals surface area contributed by atoms with Gasteiger partial charge in [0.25, 0.3) is 0 Å². The first kappa shape index (κ1) is 11.7. The minimum Gasteiger partial charge on any atom is -1.00 e. The smallest absolute Gasteiger partial charge is 1.00 e. The third-order valence-corrected chi connectivity index (χ3v) is 5.76. The molecule has 0 aromatic carbocycles. The van der Waals surface area contributed by atoms with Gasteiger partial charge in [0.15, 0.2) is 0 Å². The first-order valence-electron chi connectivity index (χ1n) is 4.24. The van der Waals surface area contributed by atoms with Crippen molar-refractivity contribution in [2.45, 2.75) is 32.4 Å². The monoisotopic (exact) mass is 176 g/mol. The van der Waals surface area contributed by atoms with Crippen LogP contribution in [0.1, 0.15) is 21.7 Å². The molecule has 0 aromatic heterocycles. The molecule has 0 nitrogen and oxygen atoms in total. The summed E-state index contributed by atoms with van der Waals surface area (Å²) in [7, 11) is -0.446. The van der Waals surface area contributed by atoms with E-state index < -0.39 is 8.80 Å². The van der Waals surface area contributed by atoms with Crippen molar-refractivity contribution in [1.29, 1.82) is 0 Å². The topological polar surface area (TPSA) is 0 Å². The van der Waals surface area contributed by atoms with E-state index in [-0.39, 0.29) is 31.0 Å². The van der Waals surface area contributed by atoms with Gasteiger partial charge in [0.2, 0.25) is 0 Å². The van der Waals surface area contributed by atoms with Crippen molar-refractivity contribution in [1.82, 2.24) is 0 Å². The molecular weight excluding hydrogens is 159 g/mol. The van der Waals surface area contributed by atoms with Crippen molar-refractivity contribution in [2.75, 3.05) is 0 Å². The third-order valence-electron chi connectivity index (χ3n) is 2.31. The quantitative estimate of drug-likeness (QED) is 0.522. The van der Waals surface area contributed by atoms with Gasteiger partial charge in [0.1, 0.15) is 0 Å². The minimum absolute atomic E-state index is 0. The van der Waals surface area contributed by atoms with Crippen LogP contribution >= 0.6 is 0 Å². The van der Waals surface area contributed by atoms with Crippen molar-refractivity contribution in [3.05, 3.63) is 23.4 Å². The fourth-order valence-electron chi connectivity index (χ4n) is 1.58. The molecule has 0 bridgehead atoms. The van der Waals surface area contributed by atoms with Crippen LogP contribution in [-0.2, 0) is 0 Å². The van der Waals surface area contributed by atoms with Gasteiger partial charge in [-0.2, -0.15) is 0 Å². The Bertz CT molecular complexity index is 162. The molecule has 58 valence electrons. The Labute approximate surface area is 95.1 Å². The second kappa shape index (κ2) is 6.24. The van der Waals surface area contributed by atoms with Gasteiger partial charge in [0.05, 0.1) is 8.80 Å². The zero-order valence-electron chi connectivity index (χ0n) is 8.93. The molecule has 11 heavy (non-hydrogen) atoms. The molecule has 0 fully saturated rings. The summed E-state index contributed by atoms with van der Waals surface area (Å²) in [6.45, 7) is 4.67. The number of allylic oxidation sites excluding steroid dienone is 4. The number of rotatable bonds is 3. The van der Waals surface area contributed by atoms with Gasteiger partial charge in [-0.05, 0) is 6.42 Å². The summed E-state index contributed by atoms with van der Waals surface area (Å²) in [6, 6.07) is 2.87. The normalized spacial score (nSPS) is 15.0. The zero-order chi connectivity index (χ0) is 7.40. The minimum atomic E-state index is -0.446. The van der Waals surface area contributed by atoms with E-state index >= 15 is 0 Å². The van der Waals surface area contributed by atoms with Gasteiger partial charge >= 0.3 is 29.6 Å². The third kappa shape index (κ3) is 3.28. The Morgan fingerprint density at radius 2 is 2.09 bits per heavy atom. The van der Waals surface area contributed by atoms with Gasteiger partial charge in [-0.1, -0.05) is 49.4 Å². The molecule has 0 amide bonds. The van der Waals surface area contributed by atoms with Gasteiger partial charge in [-0.15, -0.1) is 0 Å². The van der Waals surface area contributed by atoms with Crippen LogP contribution in [-0.4, -0.2) is 8.80 Å². The van der Waals surface area contributed by atoms with E-state index in [1.807, 2.05) is 0 Å². The van der Waals surface area contributed by atoms with Crippen molar-refractivity contribution >= 4 is 8.80 Å². The van der Waals surface area contributed by atoms with E-state index in [0.29, 0.717) is 0 Å². The summed E-state index contributed by atoms with van der Waals surface area (Å²) < 4.78 is 0. The van der Waals surface area contributed by atoms with E-state index in [4.69, 9.17) is 0 Å². The molecule has 0 radical (unpaired) electrons. The Balaban J connectivity index is 0. The maximum Gasteiger partial charge on any atom is 1.00 e. The standard InChI is InChI=1S/C9H16Si.Na.H/c1-3-10(4-2)9-7-5-6-8-9;;/h5-7,10H,3-4,8H2,1-2H3;;/q;+1;-1. The van der Waals surface area contributed by atoms with E-state index in [9.17, 15) is 0 Å². The van der Waals surface area contributed by atoms with Crippen molar-refractivity contribution in [3.63, 3.8) is 0 Å². The zero-order valence-corrected chi connectivity index (χ0v) is 11.1. The number of hydrogen-bond acceptors (Lipinski definition) is 0. The molecule has 2 heteroatoms. The molecule has 1 aliphatic rings. The Kier molecular flexibility index (Phi) is 6.63. The predicted molar refractivity (Wildman–Crippen MR) is 51.1 cm³/mol. The summed E-state index contributed by atoms with van der Waals surface area (Å²) >= 11 is 0. The molecule has 0 heterocycles. The Hall–Kier alpha value is 0.697. The molecule has 0 aliphatic heterocycles. The predicted octanol–water partition coefficient (Wildman–Crippen LogP) is -0.205. The van der Waals surface area contributed by atoms with E-state index in [1.165, 1.54) is 18.5 Å². The van der Waals surface area contributed by atoms with Crippen molar-refractivity contribution < 1.29 is 31.0 Å². The van der Waals surface area contributed by atoms with Gasteiger partial charge in [-0.3, -0.25) is 0 Å². The van der Waals surface area contributed by atoms with Gasteiger partial charge < -0.3 is 1.43 Å². The van der Waals surface area contributed by atoms with Crippen molar-refractivity contribution in [3.8, 4) is 0 Å². The van der Waals surface area contributed by atoms with Crippen LogP contribution in [0, 0.1) is 0 Å². The maximum absolute atomic E-state index is 2.34. The van der Waals surface area contributed by atoms with Crippen LogP contribution in [0.5, 0.6) is 0 Å². The average molecular weight is 176 g/mol. The molecule has 0 unspecified atom stereocenters. The summed E-state index contributed by atoms with van der Waals surface area (Å²) in [5.74, 6) is 0. The SMILES string of the molecule is CC[SiH](CC)C1=CC=CC1.[H-].[Na+]. The van der Waals surface area contributed by atoms with Crippen LogP contribution in [0.25, 0.3) is 0 Å². The van der Waals surface area contributed by atoms with Gasteiger partial charge in [0, 0.05) is 0 Å². The molecule has 0 spiro atoms. The van der Waals surface area contributed by atoms with E-state index in [1.54, 1.807) is 5.20 Å². The summed E-state index contributed by atoms with van der Waals surface area (Å²) in [5, 5.41) is 1.77. The van der Waals surface area contributed by atoms with Gasteiger partial charge in [-0.25, -0.2) is 0 Å². The summed E-state index contributed by atoms with van der Waals surface area (Å²) in [5.41, 5.74) is 0. The molecule has 0 aromatic rings. The fourth-order valence-corrected chi connectivity index (χ4v) is 4.06. The summed E-state index contributed by atoms with van der Waals surface area (Å²) in [6.07, 6.45) is 8.09. The van der Waals surface area contributed by atoms with Crippen LogP contribution in [0.4, 0.5) is 0 Å². The molecule has 1 rings (SSSR count). The van der Waals surface area contributed by atoms with Crippen LogP contribution in [0.2, 0.25) is 12.1 Å². The van der Waals surface area contributed by atoms with Crippen LogP contribution < -0.4 is 29.6 Å². The molecule has 0 saturated heterocycles. The molecular formula is C9H17NaSi. The summed E-state index contributed by atoms with van der Waals surface area (Å²) in [4.78, 5) is 0. The Morgan fingerprint density at radius 3 is 2.45 bits per heavy atom. The van der Waals surface area contributed by atoms with Crippen LogP contribution in [0.3, 0.4) is 0 Å². The van der Waals surface area contributed by atoms with Crippen molar-refractivity contribution in [2.24, 2.45) is 0 Å². The number of hydrogen-bond donors (Lipinski definition) is 0. The van der Waals surface area contributed by atoms with E-state index in [0.717, 1.165) is 0 Å². The van der Waals surface area contributed by atoms with E-state index in [2.05, 4.69) is 32.1 Å². The molecule has 0 N–H and O–H groups in total. The first-order chi connectivity index (χ1) is 4.88. The fraction of sp³-hybridized carbons (Fsp3) is 0.556. The van der Waals surface area contributed by atoms with Crippen LogP contribution in [0.15, 0.2) is 23.4 Å². The largest absolute Gasteiger partial charge is 1.00 e. The second-order valence-electron chi connectivity index (χ2n) is 2.89. The molecule has 0 atom stereocenters. The Morgan fingerprint density at radius 1 is 1.45 bits per heavy atom. The average Bonchev–Trinajstić information content (AvgIpc) is 2.43. The maximum atomic E-state index is 2.34. The second-order valence-corrected chi connectivity index (χ2v) is 6.66.